The first-order valence-electron chi connectivity index (χ1n) is 7.43. The van der Waals surface area contributed by atoms with E-state index in [0.29, 0.717) is 30.4 Å². The minimum absolute atomic E-state index is 0.0146. The summed E-state index contributed by atoms with van der Waals surface area (Å²) in [6.45, 7) is 3.15. The number of ether oxygens (including phenoxy) is 1. The van der Waals surface area contributed by atoms with Gasteiger partial charge in [0.25, 0.3) is 5.91 Å². The number of benzene rings is 1. The van der Waals surface area contributed by atoms with Crippen molar-refractivity contribution in [2.24, 2.45) is 5.92 Å². The van der Waals surface area contributed by atoms with Crippen molar-refractivity contribution in [1.29, 1.82) is 0 Å². The van der Waals surface area contributed by atoms with E-state index in [0.717, 1.165) is 12.8 Å². The fraction of sp³-hybridized carbons (Fsp3) is 0.533. The molecule has 2 heterocycles. The second-order valence-corrected chi connectivity index (χ2v) is 7.92. The van der Waals surface area contributed by atoms with Crippen LogP contribution in [-0.4, -0.2) is 45.4 Å². The quantitative estimate of drug-likeness (QED) is 0.826. The number of fused-ring (bicyclic) bond motifs is 1. The van der Waals surface area contributed by atoms with E-state index < -0.39 is 10.0 Å². The molecule has 0 N–H and O–H groups in total. The van der Waals surface area contributed by atoms with Crippen LogP contribution in [0.3, 0.4) is 0 Å². The summed E-state index contributed by atoms with van der Waals surface area (Å²) in [7, 11) is -1.90. The van der Waals surface area contributed by atoms with Gasteiger partial charge in [-0.1, -0.05) is 6.92 Å². The summed E-state index contributed by atoms with van der Waals surface area (Å²) in [6.07, 6.45) is 1.94. The third-order valence-corrected chi connectivity index (χ3v) is 6.14. The van der Waals surface area contributed by atoms with Gasteiger partial charge in [0.2, 0.25) is 10.0 Å². The Labute approximate surface area is 130 Å². The smallest absolute Gasteiger partial charge is 0.264 e. The zero-order valence-electron chi connectivity index (χ0n) is 12.8. The van der Waals surface area contributed by atoms with Gasteiger partial charge >= 0.3 is 0 Å². The number of piperidine rings is 1. The average Bonchev–Trinajstić information content (AvgIpc) is 2.51. The molecule has 3 rings (SSSR count). The lowest BCUT2D eigenvalue weighted by molar-refractivity contribution is -0.120. The van der Waals surface area contributed by atoms with Gasteiger partial charge in [-0.2, -0.15) is 4.31 Å². The molecule has 0 saturated carbocycles. The van der Waals surface area contributed by atoms with Crippen molar-refractivity contribution in [3.05, 3.63) is 18.2 Å². The highest BCUT2D eigenvalue weighted by atomic mass is 32.2. The molecule has 1 atom stereocenters. The van der Waals surface area contributed by atoms with Gasteiger partial charge in [0.1, 0.15) is 5.75 Å². The third kappa shape index (κ3) is 2.59. The molecule has 120 valence electrons. The van der Waals surface area contributed by atoms with Crippen LogP contribution in [0.4, 0.5) is 5.69 Å². The highest BCUT2D eigenvalue weighted by Gasteiger charge is 2.31. The van der Waals surface area contributed by atoms with Crippen LogP contribution in [0.5, 0.6) is 5.75 Å². The van der Waals surface area contributed by atoms with Crippen molar-refractivity contribution < 1.29 is 17.9 Å². The summed E-state index contributed by atoms with van der Waals surface area (Å²) >= 11 is 0. The normalized spacial score (nSPS) is 23.1. The van der Waals surface area contributed by atoms with Crippen molar-refractivity contribution in [3.8, 4) is 5.75 Å². The number of carbonyl (C=O) groups is 1. The standard InChI is InChI=1S/C15H20N2O4S/c1-11-4-3-7-17(9-11)22(19,20)12-5-6-14-13(8-12)16(2)15(18)10-21-14/h5-6,8,11H,3-4,7,9-10H2,1-2H3/t11-/m1/s1. The van der Waals surface area contributed by atoms with E-state index in [1.807, 2.05) is 0 Å². The van der Waals surface area contributed by atoms with Crippen molar-refractivity contribution in [3.63, 3.8) is 0 Å². The molecule has 0 aromatic heterocycles. The number of sulfonamides is 1. The summed E-state index contributed by atoms with van der Waals surface area (Å²) in [5, 5.41) is 0. The molecule has 0 spiro atoms. The maximum atomic E-state index is 12.8. The zero-order valence-corrected chi connectivity index (χ0v) is 13.6. The molecular weight excluding hydrogens is 304 g/mol. The van der Waals surface area contributed by atoms with Crippen LogP contribution in [0.1, 0.15) is 19.8 Å². The number of carbonyl (C=O) groups excluding carboxylic acids is 1. The summed E-state index contributed by atoms with van der Waals surface area (Å²) in [6, 6.07) is 4.70. The Morgan fingerprint density at radius 3 is 2.82 bits per heavy atom. The van der Waals surface area contributed by atoms with E-state index in [1.165, 1.54) is 15.3 Å². The number of nitrogens with zero attached hydrogens (tertiary/aromatic N) is 2. The number of hydrogen-bond acceptors (Lipinski definition) is 4. The Morgan fingerprint density at radius 2 is 2.09 bits per heavy atom. The van der Waals surface area contributed by atoms with Crippen LogP contribution in [0.2, 0.25) is 0 Å². The molecule has 0 bridgehead atoms. The Morgan fingerprint density at radius 1 is 1.32 bits per heavy atom. The van der Waals surface area contributed by atoms with E-state index in [1.54, 1.807) is 19.2 Å². The average molecular weight is 324 g/mol. The molecule has 0 aliphatic carbocycles. The molecule has 0 unspecified atom stereocenters. The number of amides is 1. The molecule has 1 aromatic carbocycles. The molecule has 1 fully saturated rings. The summed E-state index contributed by atoms with van der Waals surface area (Å²) < 4.78 is 32.4. The van der Waals surface area contributed by atoms with Gasteiger partial charge in [-0.15, -0.1) is 0 Å². The highest BCUT2D eigenvalue weighted by molar-refractivity contribution is 7.89. The lowest BCUT2D eigenvalue weighted by Gasteiger charge is -2.31. The van der Waals surface area contributed by atoms with Crippen LogP contribution in [-0.2, 0) is 14.8 Å². The number of likely N-dealkylation sites (N-methyl/N-ethyl adjacent to an activating group) is 1. The number of anilines is 1. The Hall–Kier alpha value is -1.60. The van der Waals surface area contributed by atoms with Crippen molar-refractivity contribution >= 4 is 21.6 Å². The van der Waals surface area contributed by atoms with E-state index in [2.05, 4.69) is 6.92 Å². The number of hydrogen-bond donors (Lipinski definition) is 0. The minimum Gasteiger partial charge on any atom is -0.482 e. The Balaban J connectivity index is 1.96. The van der Waals surface area contributed by atoms with Crippen molar-refractivity contribution in [1.82, 2.24) is 4.31 Å². The molecule has 0 radical (unpaired) electrons. The first-order chi connectivity index (χ1) is 10.4. The second kappa shape index (κ2) is 5.55. The fourth-order valence-electron chi connectivity index (χ4n) is 2.93. The minimum atomic E-state index is -3.53. The van der Waals surface area contributed by atoms with Crippen molar-refractivity contribution in [2.75, 3.05) is 31.6 Å². The van der Waals surface area contributed by atoms with Gasteiger partial charge in [-0.3, -0.25) is 4.79 Å². The lowest BCUT2D eigenvalue weighted by Crippen LogP contribution is -2.39. The Kier molecular flexibility index (Phi) is 3.86. The SMILES string of the molecule is C[C@@H]1CCCN(S(=O)(=O)c2ccc3c(c2)N(C)C(=O)CO3)C1. The van der Waals surface area contributed by atoms with E-state index in [4.69, 9.17) is 4.74 Å². The molecule has 2 aliphatic rings. The van der Waals surface area contributed by atoms with Crippen LogP contribution in [0, 0.1) is 5.92 Å². The van der Waals surface area contributed by atoms with Crippen molar-refractivity contribution in [2.45, 2.75) is 24.7 Å². The van der Waals surface area contributed by atoms with Gasteiger partial charge < -0.3 is 9.64 Å². The second-order valence-electron chi connectivity index (χ2n) is 5.98. The Bertz CT molecular complexity index is 701. The predicted octanol–water partition coefficient (Wildman–Crippen LogP) is 1.46. The summed E-state index contributed by atoms with van der Waals surface area (Å²) in [5.74, 6) is 0.718. The predicted molar refractivity (Wildman–Crippen MR) is 82.5 cm³/mol. The maximum Gasteiger partial charge on any atom is 0.264 e. The van der Waals surface area contributed by atoms with Crippen LogP contribution in [0.25, 0.3) is 0 Å². The summed E-state index contributed by atoms with van der Waals surface area (Å²) in [4.78, 5) is 13.4. The zero-order chi connectivity index (χ0) is 15.9. The van der Waals surface area contributed by atoms with Crippen LogP contribution < -0.4 is 9.64 Å². The topological polar surface area (TPSA) is 66.9 Å². The van der Waals surface area contributed by atoms with Crippen LogP contribution >= 0.6 is 0 Å². The molecule has 7 heteroatoms. The van der Waals surface area contributed by atoms with Gasteiger partial charge in [0.05, 0.1) is 10.6 Å². The van der Waals surface area contributed by atoms with Gasteiger partial charge in [-0.05, 0) is 37.0 Å². The molecular formula is C15H20N2O4S. The molecule has 22 heavy (non-hydrogen) atoms. The molecule has 6 nitrogen and oxygen atoms in total. The molecule has 1 saturated heterocycles. The maximum absolute atomic E-state index is 12.8. The third-order valence-electron chi connectivity index (χ3n) is 4.27. The summed E-state index contributed by atoms with van der Waals surface area (Å²) in [5.41, 5.74) is 0.502. The largest absolute Gasteiger partial charge is 0.482 e. The van der Waals surface area contributed by atoms with Gasteiger partial charge in [0.15, 0.2) is 6.61 Å². The molecule has 2 aliphatic heterocycles. The van der Waals surface area contributed by atoms with E-state index in [-0.39, 0.29) is 17.4 Å². The highest BCUT2D eigenvalue weighted by Crippen LogP contribution is 2.34. The van der Waals surface area contributed by atoms with E-state index in [9.17, 15) is 13.2 Å². The van der Waals surface area contributed by atoms with Crippen LogP contribution in [0.15, 0.2) is 23.1 Å². The first kappa shape index (κ1) is 15.3. The van der Waals surface area contributed by atoms with Gasteiger partial charge in [-0.25, -0.2) is 8.42 Å². The first-order valence-corrected chi connectivity index (χ1v) is 8.87. The molecule has 1 aromatic rings. The number of rotatable bonds is 2. The van der Waals surface area contributed by atoms with E-state index >= 15 is 0 Å². The fourth-order valence-corrected chi connectivity index (χ4v) is 4.55. The molecule has 1 amide bonds. The van der Waals surface area contributed by atoms with Gasteiger partial charge in [0, 0.05) is 20.1 Å². The monoisotopic (exact) mass is 324 g/mol. The lowest BCUT2D eigenvalue weighted by atomic mass is 10.0.